The summed E-state index contributed by atoms with van der Waals surface area (Å²) in [7, 11) is 0. The van der Waals surface area contributed by atoms with Crippen molar-refractivity contribution in [1.82, 2.24) is 0 Å². The molecule has 0 aliphatic heterocycles. The molecule has 0 aromatic heterocycles. The highest BCUT2D eigenvalue weighted by molar-refractivity contribution is 4.77. The van der Waals surface area contributed by atoms with Crippen LogP contribution in [0.1, 0.15) is 52.4 Å². The van der Waals surface area contributed by atoms with Gasteiger partial charge in [-0.05, 0) is 12.8 Å². The quantitative estimate of drug-likeness (QED) is 0.374. The highest BCUT2D eigenvalue weighted by atomic mass is 16.6. The topological polar surface area (TPSA) is 63.4 Å². The van der Waals surface area contributed by atoms with E-state index in [0.29, 0.717) is 12.8 Å². The molecule has 0 radical (unpaired) electrons. The van der Waals surface area contributed by atoms with Gasteiger partial charge in [0.05, 0.1) is 0 Å². The lowest BCUT2D eigenvalue weighted by Crippen LogP contribution is -2.42. The number of unbranched alkanes of at least 4 members (excludes halogenated alkanes) is 2. The molecule has 1 atom stereocenters. The number of rotatable bonds is 8. The van der Waals surface area contributed by atoms with Crippen molar-refractivity contribution in [3.05, 3.63) is 10.1 Å². The number of nitro groups is 1. The minimum atomic E-state index is -1.08. The predicted octanol–water partition coefficient (Wildman–Crippen LogP) is 2.37. The molecule has 0 aliphatic carbocycles. The van der Waals surface area contributed by atoms with Crippen molar-refractivity contribution in [2.75, 3.05) is 6.61 Å². The first-order valence-electron chi connectivity index (χ1n) is 5.38. The third-order valence-corrected chi connectivity index (χ3v) is 2.64. The van der Waals surface area contributed by atoms with Crippen molar-refractivity contribution in [2.45, 2.75) is 57.9 Å². The van der Waals surface area contributed by atoms with Gasteiger partial charge in [-0.3, -0.25) is 10.1 Å². The van der Waals surface area contributed by atoms with Crippen LogP contribution in [-0.2, 0) is 0 Å². The summed E-state index contributed by atoms with van der Waals surface area (Å²) in [5.74, 6) is 0. The van der Waals surface area contributed by atoms with Crippen LogP contribution in [0.15, 0.2) is 0 Å². The van der Waals surface area contributed by atoms with Crippen LogP contribution >= 0.6 is 0 Å². The molecular formula is C10H21NO3. The molecule has 14 heavy (non-hydrogen) atoms. The fourth-order valence-corrected chi connectivity index (χ4v) is 1.69. The van der Waals surface area contributed by atoms with E-state index in [1.807, 2.05) is 6.92 Å². The molecule has 0 aromatic carbocycles. The molecule has 0 rings (SSSR count). The summed E-state index contributed by atoms with van der Waals surface area (Å²) >= 11 is 0. The minimum absolute atomic E-state index is 0.299. The van der Waals surface area contributed by atoms with Gasteiger partial charge in [-0.15, -0.1) is 0 Å². The molecule has 0 spiro atoms. The van der Waals surface area contributed by atoms with Gasteiger partial charge in [-0.25, -0.2) is 0 Å². The maximum Gasteiger partial charge on any atom is 0.244 e. The third kappa shape index (κ3) is 3.62. The monoisotopic (exact) mass is 203 g/mol. The summed E-state index contributed by atoms with van der Waals surface area (Å²) in [4.78, 5) is 10.6. The molecule has 0 saturated carbocycles. The van der Waals surface area contributed by atoms with Crippen LogP contribution in [0.5, 0.6) is 0 Å². The molecule has 1 unspecified atom stereocenters. The zero-order valence-electron chi connectivity index (χ0n) is 9.16. The summed E-state index contributed by atoms with van der Waals surface area (Å²) in [6, 6.07) is 0. The Balaban J connectivity index is 4.26. The Morgan fingerprint density at radius 3 is 2.21 bits per heavy atom. The Kier molecular flexibility index (Phi) is 6.45. The molecule has 0 heterocycles. The Bertz CT molecular complexity index is 173. The molecular weight excluding hydrogens is 182 g/mol. The summed E-state index contributed by atoms with van der Waals surface area (Å²) in [6.45, 7) is 3.64. The Hall–Kier alpha value is -0.640. The standard InChI is InChI=1S/C10H21NO3/c1-3-5-6-8-10(9-12,7-4-2)11(13)14/h12H,3-9H2,1-2H3. The van der Waals surface area contributed by atoms with E-state index < -0.39 is 5.54 Å². The Labute approximate surface area is 85.5 Å². The van der Waals surface area contributed by atoms with Crippen LogP contribution in [0, 0.1) is 10.1 Å². The fourth-order valence-electron chi connectivity index (χ4n) is 1.69. The van der Waals surface area contributed by atoms with Gasteiger partial charge >= 0.3 is 0 Å². The lowest BCUT2D eigenvalue weighted by atomic mass is 9.89. The summed E-state index contributed by atoms with van der Waals surface area (Å²) in [5.41, 5.74) is -1.08. The highest BCUT2D eigenvalue weighted by Crippen LogP contribution is 2.24. The van der Waals surface area contributed by atoms with Gasteiger partial charge in [0.25, 0.3) is 0 Å². The third-order valence-electron chi connectivity index (χ3n) is 2.64. The normalized spacial score (nSPS) is 15.1. The summed E-state index contributed by atoms with van der Waals surface area (Å²) in [6.07, 6.45) is 4.59. The van der Waals surface area contributed by atoms with Crippen LogP contribution in [0.3, 0.4) is 0 Å². The number of aliphatic hydroxyl groups is 1. The zero-order chi connectivity index (χ0) is 11.0. The van der Waals surface area contributed by atoms with Gasteiger partial charge in [0.2, 0.25) is 5.54 Å². The molecule has 4 heteroatoms. The van der Waals surface area contributed by atoms with Gasteiger partial charge in [0.15, 0.2) is 0 Å². The van der Waals surface area contributed by atoms with E-state index >= 15 is 0 Å². The van der Waals surface area contributed by atoms with E-state index in [4.69, 9.17) is 5.11 Å². The second kappa shape index (κ2) is 6.76. The smallest absolute Gasteiger partial charge is 0.244 e. The zero-order valence-corrected chi connectivity index (χ0v) is 9.16. The first kappa shape index (κ1) is 13.4. The van der Waals surface area contributed by atoms with Crippen LogP contribution in [0.4, 0.5) is 0 Å². The van der Waals surface area contributed by atoms with E-state index in [-0.39, 0.29) is 11.5 Å². The SMILES string of the molecule is CCCCCC(CO)(CCC)[N+](=O)[O-]. The molecule has 1 N–H and O–H groups in total. The molecule has 4 nitrogen and oxygen atoms in total. The highest BCUT2D eigenvalue weighted by Gasteiger charge is 2.40. The summed E-state index contributed by atoms with van der Waals surface area (Å²) < 4.78 is 0. The first-order chi connectivity index (χ1) is 6.63. The lowest BCUT2D eigenvalue weighted by Gasteiger charge is -2.22. The van der Waals surface area contributed by atoms with E-state index in [1.165, 1.54) is 0 Å². The minimum Gasteiger partial charge on any atom is -0.389 e. The van der Waals surface area contributed by atoms with E-state index in [1.54, 1.807) is 0 Å². The van der Waals surface area contributed by atoms with Crippen molar-refractivity contribution < 1.29 is 10.0 Å². The Morgan fingerprint density at radius 1 is 1.21 bits per heavy atom. The van der Waals surface area contributed by atoms with Gasteiger partial charge in [0.1, 0.15) is 6.61 Å². The Morgan fingerprint density at radius 2 is 1.86 bits per heavy atom. The van der Waals surface area contributed by atoms with Crippen LogP contribution in [0.25, 0.3) is 0 Å². The van der Waals surface area contributed by atoms with Gasteiger partial charge < -0.3 is 5.11 Å². The van der Waals surface area contributed by atoms with Crippen molar-refractivity contribution in [3.8, 4) is 0 Å². The maximum atomic E-state index is 10.9. The molecule has 84 valence electrons. The van der Waals surface area contributed by atoms with Crippen LogP contribution < -0.4 is 0 Å². The van der Waals surface area contributed by atoms with Crippen molar-refractivity contribution in [2.24, 2.45) is 0 Å². The van der Waals surface area contributed by atoms with Gasteiger partial charge in [-0.1, -0.05) is 26.7 Å². The van der Waals surface area contributed by atoms with E-state index in [0.717, 1.165) is 25.7 Å². The van der Waals surface area contributed by atoms with Crippen LogP contribution in [0.2, 0.25) is 0 Å². The predicted molar refractivity (Wildman–Crippen MR) is 55.9 cm³/mol. The van der Waals surface area contributed by atoms with Crippen molar-refractivity contribution in [1.29, 1.82) is 0 Å². The van der Waals surface area contributed by atoms with E-state index in [2.05, 4.69) is 6.92 Å². The van der Waals surface area contributed by atoms with Crippen molar-refractivity contribution in [3.63, 3.8) is 0 Å². The van der Waals surface area contributed by atoms with Crippen molar-refractivity contribution >= 4 is 0 Å². The maximum absolute atomic E-state index is 10.9. The number of hydrogen-bond donors (Lipinski definition) is 1. The van der Waals surface area contributed by atoms with Gasteiger partial charge in [-0.2, -0.15) is 0 Å². The number of hydrogen-bond acceptors (Lipinski definition) is 3. The molecule has 0 aromatic rings. The second-order valence-electron chi connectivity index (χ2n) is 3.85. The molecule has 0 amide bonds. The van der Waals surface area contributed by atoms with Crippen LogP contribution in [-0.4, -0.2) is 22.2 Å². The molecule has 0 aliphatic rings. The number of nitrogens with zero attached hydrogens (tertiary/aromatic N) is 1. The summed E-state index contributed by atoms with van der Waals surface area (Å²) in [5, 5.41) is 20.0. The first-order valence-corrected chi connectivity index (χ1v) is 5.38. The molecule has 0 fully saturated rings. The molecule has 0 saturated heterocycles. The van der Waals surface area contributed by atoms with Gasteiger partial charge in [0, 0.05) is 17.8 Å². The van der Waals surface area contributed by atoms with E-state index in [9.17, 15) is 10.1 Å². The number of aliphatic hydroxyl groups excluding tert-OH is 1. The average Bonchev–Trinajstić information content (AvgIpc) is 2.16. The second-order valence-corrected chi connectivity index (χ2v) is 3.85. The lowest BCUT2D eigenvalue weighted by molar-refractivity contribution is -0.576. The fraction of sp³-hybridized carbons (Fsp3) is 1.00. The largest absolute Gasteiger partial charge is 0.389 e. The molecule has 0 bridgehead atoms. The average molecular weight is 203 g/mol.